The molecule has 11 nitrogen and oxygen atoms in total. The zero-order valence-electron chi connectivity index (χ0n) is 18.7. The lowest BCUT2D eigenvalue weighted by molar-refractivity contribution is -0.385. The van der Waals surface area contributed by atoms with Gasteiger partial charge in [0.2, 0.25) is 11.7 Å². The Bertz CT molecular complexity index is 1060. The minimum absolute atomic E-state index is 0.00626. The summed E-state index contributed by atoms with van der Waals surface area (Å²) in [5, 5.41) is 13.7. The van der Waals surface area contributed by atoms with Crippen molar-refractivity contribution in [3.63, 3.8) is 0 Å². The molecule has 2 aromatic carbocycles. The molecule has 11 heteroatoms. The van der Waals surface area contributed by atoms with Gasteiger partial charge in [-0.1, -0.05) is 0 Å². The van der Waals surface area contributed by atoms with Gasteiger partial charge in [-0.05, 0) is 49.7 Å². The Morgan fingerprint density at radius 1 is 0.971 bits per heavy atom. The zero-order chi connectivity index (χ0) is 25.1. The van der Waals surface area contributed by atoms with Gasteiger partial charge in [0.25, 0.3) is 0 Å². The summed E-state index contributed by atoms with van der Waals surface area (Å²) in [5.41, 5.74) is 0.482. The van der Waals surface area contributed by atoms with E-state index in [1.54, 1.807) is 19.1 Å². The van der Waals surface area contributed by atoms with E-state index < -0.39 is 29.3 Å². The van der Waals surface area contributed by atoms with Crippen LogP contribution in [-0.2, 0) is 19.1 Å². The van der Waals surface area contributed by atoms with Crippen LogP contribution >= 0.6 is 0 Å². The van der Waals surface area contributed by atoms with E-state index in [0.717, 1.165) is 6.07 Å². The molecule has 0 heterocycles. The number of ketones is 1. The summed E-state index contributed by atoms with van der Waals surface area (Å²) in [4.78, 5) is 58.1. The number of nitrogens with one attached hydrogen (secondary N) is 1. The third-order valence-electron chi connectivity index (χ3n) is 4.53. The number of Topliss-reactive ketones (excluding diaryl/α,β-unsaturated/α-hetero) is 1. The molecule has 0 aliphatic carbocycles. The van der Waals surface area contributed by atoms with Crippen LogP contribution in [0.4, 0.5) is 11.4 Å². The molecule has 2 rings (SSSR count). The lowest BCUT2D eigenvalue weighted by atomic mass is 10.1. The maximum atomic E-state index is 12.2. The normalized spacial score (nSPS) is 10.2. The highest BCUT2D eigenvalue weighted by molar-refractivity contribution is 5.99. The molecule has 0 bridgehead atoms. The molecule has 0 fully saturated rings. The largest absolute Gasteiger partial charge is 0.490 e. The van der Waals surface area contributed by atoms with Gasteiger partial charge in [0, 0.05) is 30.2 Å². The second-order valence-corrected chi connectivity index (χ2v) is 6.93. The predicted molar refractivity (Wildman–Crippen MR) is 120 cm³/mol. The van der Waals surface area contributed by atoms with Gasteiger partial charge in [-0.2, -0.15) is 0 Å². The minimum atomic E-state index is -0.679. The van der Waals surface area contributed by atoms with Crippen LogP contribution in [0.2, 0.25) is 0 Å². The van der Waals surface area contributed by atoms with Gasteiger partial charge in [0.15, 0.2) is 12.4 Å². The van der Waals surface area contributed by atoms with E-state index in [4.69, 9.17) is 14.2 Å². The van der Waals surface area contributed by atoms with Crippen molar-refractivity contribution in [2.24, 2.45) is 0 Å². The van der Waals surface area contributed by atoms with Crippen LogP contribution in [0.1, 0.15) is 46.9 Å². The summed E-state index contributed by atoms with van der Waals surface area (Å²) in [6.45, 7) is 1.38. The van der Waals surface area contributed by atoms with E-state index in [9.17, 15) is 29.3 Å². The number of anilines is 1. The molecule has 0 unspecified atom stereocenters. The van der Waals surface area contributed by atoms with E-state index in [2.05, 4.69) is 5.32 Å². The Morgan fingerprint density at radius 3 is 2.26 bits per heavy atom. The maximum Gasteiger partial charge on any atom is 0.338 e. The van der Waals surface area contributed by atoms with Crippen LogP contribution in [0.15, 0.2) is 42.5 Å². The molecule has 0 saturated heterocycles. The molecule has 2 aromatic rings. The van der Waals surface area contributed by atoms with Crippen molar-refractivity contribution in [2.75, 3.05) is 25.6 Å². The van der Waals surface area contributed by atoms with Crippen molar-refractivity contribution in [3.05, 3.63) is 63.7 Å². The number of carbonyl (C=O) groups is 4. The molecule has 34 heavy (non-hydrogen) atoms. The van der Waals surface area contributed by atoms with E-state index >= 15 is 0 Å². The Morgan fingerprint density at radius 2 is 1.65 bits per heavy atom. The number of nitro groups is 1. The lowest BCUT2D eigenvalue weighted by Crippen LogP contribution is -2.16. The number of methoxy groups -OCH3 is 1. The third-order valence-corrected chi connectivity index (χ3v) is 4.53. The minimum Gasteiger partial charge on any atom is -0.490 e. The summed E-state index contributed by atoms with van der Waals surface area (Å²) in [5.74, 6) is -2.07. The summed E-state index contributed by atoms with van der Waals surface area (Å²) in [6.07, 6.45) is 0.131. The number of benzene rings is 2. The van der Waals surface area contributed by atoms with Gasteiger partial charge in [-0.25, -0.2) is 4.79 Å². The number of amides is 1. The molecule has 0 aliphatic heterocycles. The van der Waals surface area contributed by atoms with Crippen LogP contribution in [0.3, 0.4) is 0 Å². The molecule has 0 radical (unpaired) electrons. The Hall–Kier alpha value is -4.28. The van der Waals surface area contributed by atoms with Crippen molar-refractivity contribution >= 4 is 35.0 Å². The zero-order valence-corrected chi connectivity index (χ0v) is 18.7. The maximum absolute atomic E-state index is 12.2. The second kappa shape index (κ2) is 12.7. The highest BCUT2D eigenvalue weighted by Crippen LogP contribution is 2.27. The smallest absolute Gasteiger partial charge is 0.338 e. The first-order valence-corrected chi connectivity index (χ1v) is 10.3. The standard InChI is InChI=1S/C23H24N2O9/c1-3-33-23(29)15-7-10-17(11-8-15)24-21(27)5-4-6-22(28)34-14-19(26)16-9-12-20(32-2)18(13-16)25(30)31/h7-13H,3-6,14H2,1-2H3,(H,24,27). The van der Waals surface area contributed by atoms with E-state index in [-0.39, 0.29) is 48.8 Å². The Labute approximate surface area is 195 Å². The van der Waals surface area contributed by atoms with Gasteiger partial charge in [0.05, 0.1) is 24.2 Å². The monoisotopic (exact) mass is 472 g/mol. The van der Waals surface area contributed by atoms with Gasteiger partial charge >= 0.3 is 17.6 Å². The lowest BCUT2D eigenvalue weighted by Gasteiger charge is -2.07. The first-order valence-electron chi connectivity index (χ1n) is 10.3. The predicted octanol–water partition coefficient (Wildman–Crippen LogP) is 3.32. The number of carbonyl (C=O) groups excluding carboxylic acids is 4. The first kappa shape index (κ1) is 26.0. The molecular weight excluding hydrogens is 448 g/mol. The number of ether oxygens (including phenoxy) is 3. The molecule has 0 aromatic heterocycles. The number of hydrogen-bond acceptors (Lipinski definition) is 9. The van der Waals surface area contributed by atoms with Crippen molar-refractivity contribution < 1.29 is 38.3 Å². The second-order valence-electron chi connectivity index (χ2n) is 6.93. The molecule has 0 spiro atoms. The summed E-state index contributed by atoms with van der Waals surface area (Å²) in [6, 6.07) is 9.86. The fourth-order valence-corrected chi connectivity index (χ4v) is 2.83. The van der Waals surface area contributed by atoms with Crippen LogP contribution in [0, 0.1) is 10.1 Å². The van der Waals surface area contributed by atoms with Crippen molar-refractivity contribution in [2.45, 2.75) is 26.2 Å². The molecule has 1 amide bonds. The molecule has 0 atom stereocenters. The first-order chi connectivity index (χ1) is 16.2. The molecular formula is C23H24N2O9. The van der Waals surface area contributed by atoms with Crippen LogP contribution in [-0.4, -0.2) is 48.9 Å². The number of nitro benzene ring substituents is 1. The molecule has 0 aliphatic rings. The van der Waals surface area contributed by atoms with Gasteiger partial charge < -0.3 is 19.5 Å². The summed E-state index contributed by atoms with van der Waals surface area (Å²) in [7, 11) is 1.27. The highest BCUT2D eigenvalue weighted by Gasteiger charge is 2.19. The van der Waals surface area contributed by atoms with E-state index in [1.165, 1.54) is 31.4 Å². The fourth-order valence-electron chi connectivity index (χ4n) is 2.83. The quantitative estimate of drug-likeness (QED) is 0.212. The summed E-state index contributed by atoms with van der Waals surface area (Å²) < 4.78 is 14.7. The average Bonchev–Trinajstić information content (AvgIpc) is 2.82. The Balaban J connectivity index is 1.74. The molecule has 180 valence electrons. The van der Waals surface area contributed by atoms with Crippen molar-refractivity contribution in [1.82, 2.24) is 0 Å². The summed E-state index contributed by atoms with van der Waals surface area (Å²) >= 11 is 0. The SMILES string of the molecule is CCOC(=O)c1ccc(NC(=O)CCCC(=O)OCC(=O)c2ccc(OC)c([N+](=O)[O-])c2)cc1. The number of nitrogens with zero attached hydrogens (tertiary/aromatic N) is 1. The molecule has 0 saturated carbocycles. The number of hydrogen-bond donors (Lipinski definition) is 1. The highest BCUT2D eigenvalue weighted by atomic mass is 16.6. The molecule has 1 N–H and O–H groups in total. The van der Waals surface area contributed by atoms with Crippen LogP contribution in [0.5, 0.6) is 5.75 Å². The van der Waals surface area contributed by atoms with E-state index in [1.807, 2.05) is 0 Å². The van der Waals surface area contributed by atoms with Gasteiger partial charge in [0.1, 0.15) is 0 Å². The average molecular weight is 472 g/mol. The number of rotatable bonds is 12. The van der Waals surface area contributed by atoms with Gasteiger partial charge in [-0.3, -0.25) is 24.5 Å². The third kappa shape index (κ3) is 7.69. The van der Waals surface area contributed by atoms with Crippen LogP contribution < -0.4 is 10.1 Å². The van der Waals surface area contributed by atoms with Crippen molar-refractivity contribution in [3.8, 4) is 5.75 Å². The van der Waals surface area contributed by atoms with Crippen LogP contribution in [0.25, 0.3) is 0 Å². The van der Waals surface area contributed by atoms with Gasteiger partial charge in [-0.15, -0.1) is 0 Å². The Kier molecular flexibility index (Phi) is 9.69. The van der Waals surface area contributed by atoms with E-state index in [0.29, 0.717) is 11.3 Å². The number of esters is 2. The van der Waals surface area contributed by atoms with Crippen molar-refractivity contribution in [1.29, 1.82) is 0 Å². The topological polar surface area (TPSA) is 151 Å². The fraction of sp³-hybridized carbons (Fsp3) is 0.304.